The summed E-state index contributed by atoms with van der Waals surface area (Å²) in [6, 6.07) is 2.06. The van der Waals surface area contributed by atoms with Crippen LogP contribution in [0.5, 0.6) is 0 Å². The zero-order valence-electron chi connectivity index (χ0n) is 6.99. The molecule has 0 spiro atoms. The van der Waals surface area contributed by atoms with Crippen molar-refractivity contribution in [2.24, 2.45) is 11.8 Å². The van der Waals surface area contributed by atoms with Crippen molar-refractivity contribution in [3.05, 3.63) is 0 Å². The summed E-state index contributed by atoms with van der Waals surface area (Å²) < 4.78 is 0. The van der Waals surface area contributed by atoms with Crippen molar-refractivity contribution in [1.29, 1.82) is 5.26 Å². The summed E-state index contributed by atoms with van der Waals surface area (Å²) in [7, 11) is -1.35. The zero-order valence-corrected chi connectivity index (χ0v) is 6.99. The first-order valence-corrected chi connectivity index (χ1v) is 3.87. The lowest BCUT2D eigenvalue weighted by atomic mass is 9.74. The molecular weight excluding hydrogens is 141 g/mol. The van der Waals surface area contributed by atoms with E-state index < -0.39 is 7.12 Å². The summed E-state index contributed by atoms with van der Waals surface area (Å²) in [6.45, 7) is 3.93. The minimum Gasteiger partial charge on any atom is -0.427 e. The van der Waals surface area contributed by atoms with Crippen LogP contribution in [-0.4, -0.2) is 17.2 Å². The third kappa shape index (κ3) is 4.02. The quantitative estimate of drug-likeness (QED) is 0.585. The molecule has 0 bridgehead atoms. The second kappa shape index (κ2) is 5.17. The Balaban J connectivity index is 3.87. The van der Waals surface area contributed by atoms with E-state index in [1.54, 1.807) is 0 Å². The highest BCUT2D eigenvalue weighted by Gasteiger charge is 2.21. The van der Waals surface area contributed by atoms with E-state index in [1.165, 1.54) is 0 Å². The Morgan fingerprint density at radius 3 is 2.36 bits per heavy atom. The predicted molar refractivity (Wildman–Crippen MR) is 43.6 cm³/mol. The molecule has 3 nitrogen and oxygen atoms in total. The molecule has 0 radical (unpaired) electrons. The van der Waals surface area contributed by atoms with Gasteiger partial charge in [-0.15, -0.1) is 0 Å². The van der Waals surface area contributed by atoms with Gasteiger partial charge in [0.15, 0.2) is 0 Å². The average molecular weight is 155 g/mol. The molecular formula is C7H14BNO2. The molecule has 2 unspecified atom stereocenters. The third-order valence-corrected chi connectivity index (χ3v) is 1.96. The molecule has 0 fully saturated rings. The van der Waals surface area contributed by atoms with Gasteiger partial charge in [0.1, 0.15) is 0 Å². The van der Waals surface area contributed by atoms with Crippen LogP contribution in [0.25, 0.3) is 0 Å². The highest BCUT2D eigenvalue weighted by Crippen LogP contribution is 2.18. The maximum Gasteiger partial charge on any atom is 0.452 e. The van der Waals surface area contributed by atoms with Gasteiger partial charge in [-0.05, 0) is 12.2 Å². The molecule has 0 aliphatic rings. The number of nitriles is 1. The Hall–Kier alpha value is -0.525. The van der Waals surface area contributed by atoms with Crippen molar-refractivity contribution in [2.45, 2.75) is 26.6 Å². The molecule has 0 aromatic carbocycles. The molecule has 0 saturated carbocycles. The van der Waals surface area contributed by atoms with Gasteiger partial charge in [0, 0.05) is 5.92 Å². The van der Waals surface area contributed by atoms with E-state index in [1.807, 2.05) is 13.8 Å². The van der Waals surface area contributed by atoms with Crippen LogP contribution in [0.3, 0.4) is 0 Å². The van der Waals surface area contributed by atoms with Gasteiger partial charge < -0.3 is 10.0 Å². The summed E-state index contributed by atoms with van der Waals surface area (Å²) in [4.78, 5) is 0. The highest BCUT2D eigenvalue weighted by molar-refractivity contribution is 6.41. The van der Waals surface area contributed by atoms with E-state index in [4.69, 9.17) is 15.3 Å². The lowest BCUT2D eigenvalue weighted by molar-refractivity contribution is 0.369. The molecule has 2 N–H and O–H groups in total. The Bertz CT molecular complexity index is 144. The lowest BCUT2D eigenvalue weighted by Gasteiger charge is -2.14. The Morgan fingerprint density at radius 1 is 1.55 bits per heavy atom. The van der Waals surface area contributed by atoms with Gasteiger partial charge in [0.25, 0.3) is 0 Å². The van der Waals surface area contributed by atoms with Gasteiger partial charge in [-0.25, -0.2) is 0 Å². The van der Waals surface area contributed by atoms with Gasteiger partial charge in [0.05, 0.1) is 6.07 Å². The van der Waals surface area contributed by atoms with Gasteiger partial charge in [-0.2, -0.15) is 5.26 Å². The van der Waals surface area contributed by atoms with Crippen molar-refractivity contribution < 1.29 is 10.0 Å². The molecule has 0 amide bonds. The first kappa shape index (κ1) is 10.5. The van der Waals surface area contributed by atoms with Crippen molar-refractivity contribution >= 4 is 7.12 Å². The molecule has 0 aromatic heterocycles. The maximum atomic E-state index is 8.60. The molecule has 0 aliphatic heterocycles. The van der Waals surface area contributed by atoms with E-state index in [2.05, 4.69) is 6.07 Å². The van der Waals surface area contributed by atoms with E-state index in [-0.39, 0.29) is 18.2 Å². The fourth-order valence-electron chi connectivity index (χ4n) is 0.924. The Labute approximate surface area is 67.8 Å². The van der Waals surface area contributed by atoms with Crippen molar-refractivity contribution in [3.63, 3.8) is 0 Å². The molecule has 0 aromatic rings. The maximum absolute atomic E-state index is 8.60. The van der Waals surface area contributed by atoms with Gasteiger partial charge in [-0.1, -0.05) is 20.3 Å². The zero-order chi connectivity index (χ0) is 8.85. The number of rotatable bonds is 4. The summed E-state index contributed by atoms with van der Waals surface area (Å²) in [6.07, 6.45) is 1.05. The molecule has 2 atom stereocenters. The van der Waals surface area contributed by atoms with Gasteiger partial charge in [-0.3, -0.25) is 0 Å². The highest BCUT2D eigenvalue weighted by atomic mass is 16.4. The first-order chi connectivity index (χ1) is 5.11. The van der Waals surface area contributed by atoms with Crippen molar-refractivity contribution in [3.8, 4) is 6.07 Å². The summed E-state index contributed by atoms with van der Waals surface area (Å²) in [5.74, 6) is 0.00167. The standard InChI is InChI=1S/C7H14BNO2/c1-3-6(2)7(5-9)4-8(10)11/h6-7,10-11H,3-4H2,1-2H3. The number of hydrogen-bond acceptors (Lipinski definition) is 3. The monoisotopic (exact) mass is 155 g/mol. The van der Waals surface area contributed by atoms with Crippen LogP contribution in [0.1, 0.15) is 20.3 Å². The lowest BCUT2D eigenvalue weighted by Crippen LogP contribution is -2.19. The Kier molecular flexibility index (Phi) is 4.92. The molecule has 0 rings (SSSR count). The van der Waals surface area contributed by atoms with E-state index >= 15 is 0 Å². The molecule has 0 aliphatic carbocycles. The van der Waals surface area contributed by atoms with Crippen LogP contribution < -0.4 is 0 Å². The predicted octanol–water partition coefficient (Wildman–Crippen LogP) is 0.645. The van der Waals surface area contributed by atoms with E-state index in [0.717, 1.165) is 6.42 Å². The molecule has 11 heavy (non-hydrogen) atoms. The van der Waals surface area contributed by atoms with E-state index in [9.17, 15) is 0 Å². The first-order valence-electron chi connectivity index (χ1n) is 3.87. The van der Waals surface area contributed by atoms with Crippen LogP contribution >= 0.6 is 0 Å². The number of nitrogens with zero attached hydrogens (tertiary/aromatic N) is 1. The smallest absolute Gasteiger partial charge is 0.427 e. The summed E-state index contributed by atoms with van der Waals surface area (Å²) >= 11 is 0. The van der Waals surface area contributed by atoms with Gasteiger partial charge >= 0.3 is 7.12 Å². The SMILES string of the molecule is CCC(C)C(C#N)CB(O)O. The second-order valence-corrected chi connectivity index (χ2v) is 2.84. The molecule has 4 heteroatoms. The second-order valence-electron chi connectivity index (χ2n) is 2.84. The average Bonchev–Trinajstić information content (AvgIpc) is 1.98. The van der Waals surface area contributed by atoms with Crippen molar-refractivity contribution in [1.82, 2.24) is 0 Å². The van der Waals surface area contributed by atoms with E-state index in [0.29, 0.717) is 0 Å². The normalized spacial score (nSPS) is 15.2. The molecule has 0 heterocycles. The molecule has 62 valence electrons. The minimum absolute atomic E-state index is 0.158. The Morgan fingerprint density at radius 2 is 2.09 bits per heavy atom. The number of hydrogen-bond donors (Lipinski definition) is 2. The van der Waals surface area contributed by atoms with Crippen LogP contribution in [0.2, 0.25) is 6.32 Å². The fourth-order valence-corrected chi connectivity index (χ4v) is 0.924. The minimum atomic E-state index is -1.35. The van der Waals surface area contributed by atoms with Crippen LogP contribution in [0.4, 0.5) is 0 Å². The van der Waals surface area contributed by atoms with Crippen LogP contribution in [0.15, 0.2) is 0 Å². The van der Waals surface area contributed by atoms with Crippen LogP contribution in [0, 0.1) is 23.2 Å². The topological polar surface area (TPSA) is 64.2 Å². The largest absolute Gasteiger partial charge is 0.452 e. The fraction of sp³-hybridized carbons (Fsp3) is 0.857. The summed E-state index contributed by atoms with van der Waals surface area (Å²) in [5, 5.41) is 25.8. The third-order valence-electron chi connectivity index (χ3n) is 1.96. The van der Waals surface area contributed by atoms with Crippen LogP contribution in [-0.2, 0) is 0 Å². The van der Waals surface area contributed by atoms with Crippen molar-refractivity contribution in [2.75, 3.05) is 0 Å². The summed E-state index contributed by atoms with van der Waals surface area (Å²) in [5.41, 5.74) is 0. The molecule has 0 saturated heterocycles. The van der Waals surface area contributed by atoms with Gasteiger partial charge in [0.2, 0.25) is 0 Å².